The van der Waals surface area contributed by atoms with Gasteiger partial charge in [0.1, 0.15) is 5.56 Å². The summed E-state index contributed by atoms with van der Waals surface area (Å²) in [5.41, 5.74) is 2.03. The van der Waals surface area contributed by atoms with Crippen LogP contribution in [0.1, 0.15) is 27.3 Å². The molecule has 0 amide bonds. The molecule has 0 unspecified atom stereocenters. The standard InChI is InChI=1S/C12H13N5O2/c1-7-8(2)15-17-11(10(7)12(18)19)13-6-9-4-3-5-14-16-9/h3-5H,6H2,1-2H3,(H,13,17)(H,18,19). The lowest BCUT2D eigenvalue weighted by Crippen LogP contribution is -2.13. The molecule has 2 N–H and O–H groups in total. The molecule has 0 atom stereocenters. The van der Waals surface area contributed by atoms with Gasteiger partial charge in [-0.15, -0.1) is 5.10 Å². The average Bonchev–Trinajstić information content (AvgIpc) is 2.41. The lowest BCUT2D eigenvalue weighted by molar-refractivity contribution is 0.0696. The Morgan fingerprint density at radius 1 is 1.32 bits per heavy atom. The fraction of sp³-hybridized carbons (Fsp3) is 0.250. The predicted octanol–water partition coefficient (Wildman–Crippen LogP) is 1.19. The third-order valence-corrected chi connectivity index (χ3v) is 2.73. The van der Waals surface area contributed by atoms with Crippen LogP contribution in [0.15, 0.2) is 18.3 Å². The number of nitrogens with one attached hydrogen (secondary N) is 1. The van der Waals surface area contributed by atoms with Crippen molar-refractivity contribution in [2.24, 2.45) is 0 Å². The van der Waals surface area contributed by atoms with Gasteiger partial charge in [0.05, 0.1) is 17.9 Å². The molecule has 0 bridgehead atoms. The van der Waals surface area contributed by atoms with Gasteiger partial charge in [0.2, 0.25) is 0 Å². The second-order valence-corrected chi connectivity index (χ2v) is 4.01. The topological polar surface area (TPSA) is 101 Å². The van der Waals surface area contributed by atoms with E-state index in [0.29, 0.717) is 23.5 Å². The maximum atomic E-state index is 11.3. The number of aromatic carboxylic acids is 1. The molecule has 2 heterocycles. The molecule has 0 aliphatic carbocycles. The van der Waals surface area contributed by atoms with Gasteiger partial charge in [0.15, 0.2) is 5.82 Å². The fourth-order valence-electron chi connectivity index (χ4n) is 1.60. The third kappa shape index (κ3) is 2.82. The molecule has 0 spiro atoms. The molecule has 2 aromatic rings. The van der Waals surface area contributed by atoms with Crippen LogP contribution in [0.2, 0.25) is 0 Å². The van der Waals surface area contributed by atoms with Crippen molar-refractivity contribution >= 4 is 11.8 Å². The van der Waals surface area contributed by atoms with Gasteiger partial charge in [0, 0.05) is 6.20 Å². The quantitative estimate of drug-likeness (QED) is 0.850. The van der Waals surface area contributed by atoms with Crippen molar-refractivity contribution in [1.29, 1.82) is 0 Å². The van der Waals surface area contributed by atoms with Crippen LogP contribution < -0.4 is 5.32 Å². The van der Waals surface area contributed by atoms with Crippen molar-refractivity contribution < 1.29 is 9.90 Å². The van der Waals surface area contributed by atoms with Gasteiger partial charge in [-0.3, -0.25) is 0 Å². The van der Waals surface area contributed by atoms with Gasteiger partial charge >= 0.3 is 5.97 Å². The SMILES string of the molecule is Cc1nnc(NCc2cccnn2)c(C(=O)O)c1C. The molecule has 19 heavy (non-hydrogen) atoms. The molecule has 98 valence electrons. The molecule has 0 aliphatic rings. The minimum Gasteiger partial charge on any atom is -0.478 e. The lowest BCUT2D eigenvalue weighted by Gasteiger charge is -2.10. The van der Waals surface area contributed by atoms with Gasteiger partial charge in [0.25, 0.3) is 0 Å². The van der Waals surface area contributed by atoms with E-state index in [1.54, 1.807) is 32.2 Å². The van der Waals surface area contributed by atoms with Crippen molar-refractivity contribution in [3.8, 4) is 0 Å². The summed E-state index contributed by atoms with van der Waals surface area (Å²) in [6.45, 7) is 3.77. The highest BCUT2D eigenvalue weighted by molar-refractivity contribution is 5.94. The van der Waals surface area contributed by atoms with Crippen molar-refractivity contribution in [2.75, 3.05) is 5.32 Å². The van der Waals surface area contributed by atoms with E-state index in [0.717, 1.165) is 0 Å². The Morgan fingerprint density at radius 2 is 2.11 bits per heavy atom. The highest BCUT2D eigenvalue weighted by Gasteiger charge is 2.17. The van der Waals surface area contributed by atoms with E-state index in [2.05, 4.69) is 25.7 Å². The van der Waals surface area contributed by atoms with Crippen LogP contribution in [-0.2, 0) is 6.54 Å². The lowest BCUT2D eigenvalue weighted by atomic mass is 10.1. The maximum absolute atomic E-state index is 11.3. The summed E-state index contributed by atoms with van der Waals surface area (Å²) >= 11 is 0. The third-order valence-electron chi connectivity index (χ3n) is 2.73. The van der Waals surface area contributed by atoms with Gasteiger partial charge in [-0.05, 0) is 31.5 Å². The van der Waals surface area contributed by atoms with E-state index in [-0.39, 0.29) is 11.4 Å². The Kier molecular flexibility index (Phi) is 3.65. The molecule has 0 aromatic carbocycles. The molecule has 2 aromatic heterocycles. The second-order valence-electron chi connectivity index (χ2n) is 4.01. The summed E-state index contributed by atoms with van der Waals surface area (Å²) in [7, 11) is 0. The predicted molar refractivity (Wildman–Crippen MR) is 67.8 cm³/mol. The average molecular weight is 259 g/mol. The summed E-state index contributed by atoms with van der Waals surface area (Å²) in [5.74, 6) is -0.793. The summed E-state index contributed by atoms with van der Waals surface area (Å²) in [5, 5.41) is 27.6. The van der Waals surface area contributed by atoms with Gasteiger partial charge in [-0.25, -0.2) is 4.79 Å². The first-order chi connectivity index (χ1) is 9.09. The first-order valence-electron chi connectivity index (χ1n) is 5.67. The Balaban J connectivity index is 2.26. The van der Waals surface area contributed by atoms with Crippen molar-refractivity contribution in [2.45, 2.75) is 20.4 Å². The molecular weight excluding hydrogens is 246 g/mol. The van der Waals surface area contributed by atoms with E-state index in [1.807, 2.05) is 0 Å². The van der Waals surface area contributed by atoms with E-state index in [9.17, 15) is 9.90 Å². The number of hydrogen-bond donors (Lipinski definition) is 2. The second kappa shape index (κ2) is 5.38. The minimum absolute atomic E-state index is 0.136. The van der Waals surface area contributed by atoms with E-state index in [1.165, 1.54) is 0 Å². The number of nitrogens with zero attached hydrogens (tertiary/aromatic N) is 4. The maximum Gasteiger partial charge on any atom is 0.339 e. The molecule has 0 saturated carbocycles. The van der Waals surface area contributed by atoms with Crippen molar-refractivity contribution in [3.05, 3.63) is 40.8 Å². The van der Waals surface area contributed by atoms with Crippen LogP contribution in [0.4, 0.5) is 5.82 Å². The Bertz CT molecular complexity index is 601. The summed E-state index contributed by atoms with van der Waals surface area (Å²) < 4.78 is 0. The Labute approximate surface area is 109 Å². The molecule has 7 heteroatoms. The molecule has 2 rings (SSSR count). The van der Waals surface area contributed by atoms with Crippen LogP contribution in [0, 0.1) is 13.8 Å². The largest absolute Gasteiger partial charge is 0.478 e. The molecule has 0 saturated heterocycles. The van der Waals surface area contributed by atoms with Crippen LogP contribution in [-0.4, -0.2) is 31.5 Å². The molecular formula is C12H13N5O2. The number of aromatic nitrogens is 4. The van der Waals surface area contributed by atoms with Crippen molar-refractivity contribution in [1.82, 2.24) is 20.4 Å². The highest BCUT2D eigenvalue weighted by Crippen LogP contribution is 2.18. The zero-order valence-electron chi connectivity index (χ0n) is 10.6. The summed E-state index contributed by atoms with van der Waals surface area (Å²) in [6, 6.07) is 3.54. The molecule has 0 aliphatic heterocycles. The summed E-state index contributed by atoms with van der Waals surface area (Å²) in [6.07, 6.45) is 1.57. The molecule has 0 radical (unpaired) electrons. The van der Waals surface area contributed by atoms with E-state index < -0.39 is 5.97 Å². The number of aryl methyl sites for hydroxylation is 1. The Hall–Kier alpha value is -2.57. The van der Waals surface area contributed by atoms with Gasteiger partial charge in [-0.2, -0.15) is 15.3 Å². The van der Waals surface area contributed by atoms with Crippen LogP contribution in [0.3, 0.4) is 0 Å². The van der Waals surface area contributed by atoms with E-state index in [4.69, 9.17) is 0 Å². The number of hydrogen-bond acceptors (Lipinski definition) is 6. The molecule has 0 fully saturated rings. The normalized spacial score (nSPS) is 10.2. The molecule has 7 nitrogen and oxygen atoms in total. The number of rotatable bonds is 4. The zero-order chi connectivity index (χ0) is 13.8. The number of carbonyl (C=O) groups is 1. The minimum atomic E-state index is -1.03. The first-order valence-corrected chi connectivity index (χ1v) is 5.67. The summed E-state index contributed by atoms with van der Waals surface area (Å²) in [4.78, 5) is 11.3. The first kappa shape index (κ1) is 12.9. The van der Waals surface area contributed by atoms with Crippen LogP contribution >= 0.6 is 0 Å². The number of anilines is 1. The van der Waals surface area contributed by atoms with Crippen molar-refractivity contribution in [3.63, 3.8) is 0 Å². The number of carboxylic acid groups (broad SMARTS) is 1. The van der Waals surface area contributed by atoms with Gasteiger partial charge < -0.3 is 10.4 Å². The Morgan fingerprint density at radius 3 is 2.74 bits per heavy atom. The van der Waals surface area contributed by atoms with Crippen LogP contribution in [0.25, 0.3) is 0 Å². The van der Waals surface area contributed by atoms with Gasteiger partial charge in [-0.1, -0.05) is 0 Å². The van der Waals surface area contributed by atoms with E-state index >= 15 is 0 Å². The monoisotopic (exact) mass is 259 g/mol. The highest BCUT2D eigenvalue weighted by atomic mass is 16.4. The smallest absolute Gasteiger partial charge is 0.339 e. The fourth-order valence-corrected chi connectivity index (χ4v) is 1.60. The number of carboxylic acids is 1. The van der Waals surface area contributed by atoms with Crippen LogP contribution in [0.5, 0.6) is 0 Å². The zero-order valence-corrected chi connectivity index (χ0v) is 10.6.